The zero-order valence-corrected chi connectivity index (χ0v) is 19.4. The van der Waals surface area contributed by atoms with Gasteiger partial charge >= 0.3 is 0 Å². The molecule has 0 aromatic heterocycles. The van der Waals surface area contributed by atoms with E-state index in [9.17, 15) is 9.59 Å². The quantitative estimate of drug-likeness (QED) is 0.625. The Bertz CT molecular complexity index is 850. The van der Waals surface area contributed by atoms with E-state index in [1.165, 1.54) is 0 Å². The van der Waals surface area contributed by atoms with Crippen LogP contribution in [0.2, 0.25) is 0 Å². The van der Waals surface area contributed by atoms with Crippen molar-refractivity contribution in [3.63, 3.8) is 0 Å². The van der Waals surface area contributed by atoms with E-state index in [1.807, 2.05) is 52.0 Å². The number of nitrogens with one attached hydrogen (secondary N) is 2. The normalized spacial score (nSPS) is 18.3. The van der Waals surface area contributed by atoms with Gasteiger partial charge in [-0.15, -0.1) is 0 Å². The Hall–Kier alpha value is -3.02. The van der Waals surface area contributed by atoms with Gasteiger partial charge in [0, 0.05) is 23.2 Å². The molecule has 0 heterocycles. The van der Waals surface area contributed by atoms with Gasteiger partial charge in [-0.05, 0) is 76.9 Å². The summed E-state index contributed by atoms with van der Waals surface area (Å²) in [6.07, 6.45) is 3.77. The van der Waals surface area contributed by atoms with Gasteiger partial charge in [-0.3, -0.25) is 9.59 Å². The molecule has 2 amide bonds. The summed E-state index contributed by atoms with van der Waals surface area (Å²) >= 11 is 0. The zero-order valence-electron chi connectivity index (χ0n) is 19.4. The van der Waals surface area contributed by atoms with Crippen molar-refractivity contribution in [1.29, 1.82) is 0 Å². The van der Waals surface area contributed by atoms with Crippen LogP contribution >= 0.6 is 0 Å². The van der Waals surface area contributed by atoms with Crippen LogP contribution in [0.15, 0.2) is 48.5 Å². The van der Waals surface area contributed by atoms with Crippen molar-refractivity contribution >= 4 is 11.8 Å². The number of hydrogen-bond donors (Lipinski definition) is 2. The number of carbonyl (C=O) groups excluding carboxylic acids is 2. The molecule has 0 radical (unpaired) electrons. The number of ether oxygens (including phenoxy) is 2. The number of hydrogen-bond acceptors (Lipinski definition) is 4. The molecule has 1 aliphatic rings. The lowest BCUT2D eigenvalue weighted by Crippen LogP contribution is -2.53. The lowest BCUT2D eigenvalue weighted by atomic mass is 9.89. The van der Waals surface area contributed by atoms with Crippen molar-refractivity contribution in [3.05, 3.63) is 59.7 Å². The number of carbonyl (C=O) groups is 2. The minimum Gasteiger partial charge on any atom is -0.491 e. The Labute approximate surface area is 190 Å². The van der Waals surface area contributed by atoms with E-state index in [2.05, 4.69) is 10.6 Å². The summed E-state index contributed by atoms with van der Waals surface area (Å²) in [4.78, 5) is 25.8. The molecule has 0 spiro atoms. The van der Waals surface area contributed by atoms with Crippen LogP contribution in [0.4, 0.5) is 0 Å². The highest BCUT2D eigenvalue weighted by molar-refractivity contribution is 5.96. The highest BCUT2D eigenvalue weighted by Gasteiger charge is 2.28. The molecule has 2 aromatic rings. The fourth-order valence-corrected chi connectivity index (χ4v) is 3.95. The highest BCUT2D eigenvalue weighted by atomic mass is 16.5. The molecule has 6 heteroatoms. The van der Waals surface area contributed by atoms with Crippen molar-refractivity contribution in [1.82, 2.24) is 10.6 Å². The molecule has 1 fully saturated rings. The molecule has 6 nitrogen and oxygen atoms in total. The average molecular weight is 439 g/mol. The van der Waals surface area contributed by atoms with Crippen LogP contribution in [0, 0.1) is 0 Å². The first-order chi connectivity index (χ1) is 15.3. The van der Waals surface area contributed by atoms with Crippen LogP contribution in [0.1, 0.15) is 74.1 Å². The van der Waals surface area contributed by atoms with E-state index in [4.69, 9.17) is 9.47 Å². The van der Waals surface area contributed by atoms with Crippen LogP contribution in [0.3, 0.4) is 0 Å². The molecule has 2 aromatic carbocycles. The second-order valence-electron chi connectivity index (χ2n) is 8.83. The predicted molar refractivity (Wildman–Crippen MR) is 125 cm³/mol. The monoisotopic (exact) mass is 438 g/mol. The maximum atomic E-state index is 12.9. The van der Waals surface area contributed by atoms with Gasteiger partial charge in [0.15, 0.2) is 0 Å². The Morgan fingerprint density at radius 2 is 1.16 bits per heavy atom. The van der Waals surface area contributed by atoms with E-state index < -0.39 is 0 Å². The summed E-state index contributed by atoms with van der Waals surface area (Å²) in [5, 5.41) is 6.25. The first kappa shape index (κ1) is 23.6. The summed E-state index contributed by atoms with van der Waals surface area (Å²) in [6, 6.07) is 14.2. The fourth-order valence-electron chi connectivity index (χ4n) is 3.95. The molecule has 172 valence electrons. The second-order valence-corrected chi connectivity index (χ2v) is 8.83. The van der Waals surface area contributed by atoms with Gasteiger partial charge in [-0.25, -0.2) is 0 Å². The summed E-state index contributed by atoms with van der Waals surface area (Å²) in [5.41, 5.74) is 1.11. The summed E-state index contributed by atoms with van der Waals surface area (Å²) in [5.74, 6) is 1.03. The zero-order chi connectivity index (χ0) is 23.1. The van der Waals surface area contributed by atoms with Crippen LogP contribution < -0.4 is 20.1 Å². The topological polar surface area (TPSA) is 76.7 Å². The predicted octanol–water partition coefficient (Wildman–Crippen LogP) is 4.73. The number of rotatable bonds is 8. The van der Waals surface area contributed by atoms with Crippen molar-refractivity contribution in [2.45, 2.75) is 77.7 Å². The van der Waals surface area contributed by atoms with Crippen molar-refractivity contribution in [3.8, 4) is 11.5 Å². The third-order valence-corrected chi connectivity index (χ3v) is 5.33. The molecule has 0 aliphatic heterocycles. The van der Waals surface area contributed by atoms with Crippen molar-refractivity contribution in [2.24, 2.45) is 0 Å². The molecule has 2 N–H and O–H groups in total. The Balaban J connectivity index is 1.66. The van der Waals surface area contributed by atoms with E-state index in [0.29, 0.717) is 22.6 Å². The van der Waals surface area contributed by atoms with E-state index >= 15 is 0 Å². The summed E-state index contributed by atoms with van der Waals surface area (Å²) in [7, 11) is 0. The molecule has 2 atom stereocenters. The third-order valence-electron chi connectivity index (χ3n) is 5.33. The molecule has 1 saturated carbocycles. The van der Waals surface area contributed by atoms with Gasteiger partial charge in [0.1, 0.15) is 11.5 Å². The lowest BCUT2D eigenvalue weighted by Gasteiger charge is -2.33. The molecule has 0 bridgehead atoms. The molecule has 3 rings (SSSR count). The van der Waals surface area contributed by atoms with Gasteiger partial charge < -0.3 is 20.1 Å². The minimum atomic E-state index is -0.155. The fraction of sp³-hybridized carbons (Fsp3) is 0.462. The minimum absolute atomic E-state index is 0.0377. The molecular weight excluding hydrogens is 404 g/mol. The Morgan fingerprint density at radius 1 is 0.750 bits per heavy atom. The number of amides is 2. The van der Waals surface area contributed by atoms with Gasteiger partial charge in [0.25, 0.3) is 11.8 Å². The first-order valence-corrected chi connectivity index (χ1v) is 11.5. The Morgan fingerprint density at radius 3 is 1.53 bits per heavy atom. The van der Waals surface area contributed by atoms with Gasteiger partial charge in [0.2, 0.25) is 0 Å². The molecule has 2 unspecified atom stereocenters. The third kappa shape index (κ3) is 6.74. The summed E-state index contributed by atoms with van der Waals surface area (Å²) in [6.45, 7) is 7.80. The van der Waals surface area contributed by atoms with Crippen molar-refractivity contribution < 1.29 is 19.1 Å². The van der Waals surface area contributed by atoms with Gasteiger partial charge in [-0.1, -0.05) is 25.0 Å². The summed E-state index contributed by atoms with van der Waals surface area (Å²) < 4.78 is 11.4. The van der Waals surface area contributed by atoms with Crippen LogP contribution in [0.5, 0.6) is 11.5 Å². The van der Waals surface area contributed by atoms with E-state index in [-0.39, 0.29) is 36.1 Å². The van der Waals surface area contributed by atoms with Crippen molar-refractivity contribution in [2.75, 3.05) is 0 Å². The van der Waals surface area contributed by atoms with Crippen LogP contribution in [0.25, 0.3) is 0 Å². The molecule has 1 aliphatic carbocycles. The molecule has 32 heavy (non-hydrogen) atoms. The van der Waals surface area contributed by atoms with E-state index in [1.54, 1.807) is 24.3 Å². The average Bonchev–Trinajstić information content (AvgIpc) is 2.74. The number of benzene rings is 2. The first-order valence-electron chi connectivity index (χ1n) is 11.5. The molecular formula is C26H34N2O4. The maximum Gasteiger partial charge on any atom is 0.251 e. The lowest BCUT2D eigenvalue weighted by molar-refractivity contribution is 0.0862. The largest absolute Gasteiger partial charge is 0.491 e. The smallest absolute Gasteiger partial charge is 0.251 e. The standard InChI is InChI=1S/C26H34N2O4/c1-17(2)31-21-11-7-9-19(15-21)25(29)27-23-13-5-6-14-24(23)28-26(30)20-10-8-12-22(16-20)32-18(3)4/h7-12,15-18,23-24H,5-6,13-14H2,1-4H3,(H,27,29)(H,28,30). The van der Waals surface area contributed by atoms with Gasteiger partial charge in [0.05, 0.1) is 12.2 Å². The van der Waals surface area contributed by atoms with E-state index in [0.717, 1.165) is 25.7 Å². The maximum absolute atomic E-state index is 12.9. The highest BCUT2D eigenvalue weighted by Crippen LogP contribution is 2.22. The molecule has 0 saturated heterocycles. The second kappa shape index (κ2) is 11.0. The van der Waals surface area contributed by atoms with Crippen LogP contribution in [-0.2, 0) is 0 Å². The Kier molecular flexibility index (Phi) is 8.14. The van der Waals surface area contributed by atoms with Gasteiger partial charge in [-0.2, -0.15) is 0 Å². The van der Waals surface area contributed by atoms with Crippen LogP contribution in [-0.4, -0.2) is 36.1 Å². The SMILES string of the molecule is CC(C)Oc1cccc(C(=O)NC2CCCCC2NC(=O)c2cccc(OC(C)C)c2)c1.